The number of carboxylic acid groups (broad SMARTS) is 1. The van der Waals surface area contributed by atoms with Crippen LogP contribution in [0.25, 0.3) is 0 Å². The second kappa shape index (κ2) is 8.51. The maximum atomic E-state index is 12.7. The number of benzene rings is 1. The molecule has 31 heavy (non-hydrogen) atoms. The molecule has 2 fully saturated rings. The van der Waals surface area contributed by atoms with Gasteiger partial charge in [-0.15, -0.1) is 11.8 Å². The van der Waals surface area contributed by atoms with Gasteiger partial charge < -0.3 is 20.3 Å². The van der Waals surface area contributed by atoms with Crippen LogP contribution >= 0.6 is 11.8 Å². The summed E-state index contributed by atoms with van der Waals surface area (Å²) in [7, 11) is 0. The van der Waals surface area contributed by atoms with Crippen LogP contribution in [-0.4, -0.2) is 67.4 Å². The third-order valence-electron chi connectivity index (χ3n) is 5.12. The number of rotatable bonds is 6. The minimum absolute atomic E-state index is 0.0759. The lowest BCUT2D eigenvalue weighted by Crippen LogP contribution is -2.81. The number of carboxylic acids is 1. The molecule has 2 saturated heterocycles. The number of aliphatic carboxylic acids is 1. The van der Waals surface area contributed by atoms with E-state index in [-0.39, 0.29) is 24.5 Å². The van der Waals surface area contributed by atoms with Crippen LogP contribution in [0.15, 0.2) is 30.3 Å². The van der Waals surface area contributed by atoms with Gasteiger partial charge in [-0.1, -0.05) is 30.3 Å². The number of nitrogens with zero attached hydrogens (tertiary/aromatic N) is 1. The Morgan fingerprint density at radius 1 is 1.26 bits per heavy atom. The minimum Gasteiger partial charge on any atom is -0.478 e. The quantitative estimate of drug-likeness (QED) is 0.427. The normalized spacial score (nSPS) is 27.7. The van der Waals surface area contributed by atoms with Gasteiger partial charge >= 0.3 is 11.9 Å². The molecule has 168 valence electrons. The molecule has 2 amide bonds. The number of hydrogen-bond donors (Lipinski definition) is 3. The zero-order chi connectivity index (χ0) is 23.0. The van der Waals surface area contributed by atoms with Crippen molar-refractivity contribution in [1.29, 1.82) is 0 Å². The summed E-state index contributed by atoms with van der Waals surface area (Å²) in [5.41, 5.74) is -2.53. The van der Waals surface area contributed by atoms with Gasteiger partial charge in [-0.3, -0.25) is 19.3 Å². The molecule has 1 aromatic carbocycles. The Labute approximate surface area is 184 Å². The fourth-order valence-corrected chi connectivity index (χ4v) is 5.30. The molecule has 9 nitrogen and oxygen atoms in total. The number of ether oxygens (including phenoxy) is 1. The van der Waals surface area contributed by atoms with Crippen molar-refractivity contribution in [2.75, 3.05) is 5.75 Å². The Kier molecular flexibility index (Phi) is 6.33. The molecule has 0 aromatic heterocycles. The van der Waals surface area contributed by atoms with Crippen molar-refractivity contribution >= 4 is 35.5 Å². The average Bonchev–Trinajstić information content (AvgIpc) is 2.66. The highest BCUT2D eigenvalue weighted by molar-refractivity contribution is 8.00. The molecular formula is C21H26N2O7S. The Morgan fingerprint density at radius 2 is 1.90 bits per heavy atom. The van der Waals surface area contributed by atoms with E-state index in [1.54, 1.807) is 45.0 Å². The van der Waals surface area contributed by atoms with E-state index >= 15 is 0 Å². The van der Waals surface area contributed by atoms with E-state index in [0.29, 0.717) is 0 Å². The summed E-state index contributed by atoms with van der Waals surface area (Å²) in [6.45, 7) is 5.05. The molecule has 2 aliphatic heterocycles. The fourth-order valence-electron chi connectivity index (χ4n) is 3.73. The van der Waals surface area contributed by atoms with E-state index in [9.17, 15) is 29.4 Å². The van der Waals surface area contributed by atoms with Crippen LogP contribution in [-0.2, 0) is 30.3 Å². The van der Waals surface area contributed by atoms with Gasteiger partial charge in [0.25, 0.3) is 5.91 Å². The van der Waals surface area contributed by atoms with Crippen LogP contribution < -0.4 is 5.32 Å². The Balaban J connectivity index is 1.69. The summed E-state index contributed by atoms with van der Waals surface area (Å²) in [4.78, 5) is 50.1. The average molecular weight is 451 g/mol. The van der Waals surface area contributed by atoms with Gasteiger partial charge in [-0.25, -0.2) is 4.79 Å². The summed E-state index contributed by atoms with van der Waals surface area (Å²) in [6.07, 6.45) is -0.277. The first kappa shape index (κ1) is 23.1. The van der Waals surface area contributed by atoms with Crippen molar-refractivity contribution in [1.82, 2.24) is 10.2 Å². The maximum absolute atomic E-state index is 12.7. The van der Waals surface area contributed by atoms with Crippen molar-refractivity contribution in [3.63, 3.8) is 0 Å². The number of β-lactam (4-membered cyclic amide) rings is 1. The van der Waals surface area contributed by atoms with E-state index in [2.05, 4.69) is 5.32 Å². The van der Waals surface area contributed by atoms with E-state index in [4.69, 9.17) is 4.74 Å². The first-order valence-corrected chi connectivity index (χ1v) is 10.9. The first-order chi connectivity index (χ1) is 14.4. The number of esters is 1. The molecule has 3 N–H and O–H groups in total. The largest absolute Gasteiger partial charge is 0.478 e. The third-order valence-corrected chi connectivity index (χ3v) is 6.54. The minimum atomic E-state index is -2.55. The zero-order valence-corrected chi connectivity index (χ0v) is 18.3. The van der Waals surface area contributed by atoms with E-state index in [1.807, 2.05) is 6.07 Å². The molecule has 3 rings (SSSR count). The van der Waals surface area contributed by atoms with Gasteiger partial charge in [0.05, 0.1) is 12.8 Å². The highest BCUT2D eigenvalue weighted by Crippen LogP contribution is 2.46. The number of fused-ring (bicyclic) bond motifs is 1. The number of aliphatic hydroxyl groups is 1. The standard InChI is InChI=1S/C21H26N2O7S/c1-20(2,3)30-15(25)10-13-11-31-18-16(17(26)23(18)21(13,29)19(27)28)22-14(24)9-12-7-5-4-6-8-12/h4-8,13,16,18,29H,9-11H2,1-3H3,(H,22,24)(H,27,28)/t13?,16-,18-,21?/m1/s1. The van der Waals surface area contributed by atoms with Crippen molar-refractivity contribution in [3.05, 3.63) is 35.9 Å². The molecule has 10 heteroatoms. The van der Waals surface area contributed by atoms with Gasteiger partial charge in [-0.2, -0.15) is 0 Å². The van der Waals surface area contributed by atoms with Crippen molar-refractivity contribution in [2.45, 2.75) is 56.4 Å². The smallest absolute Gasteiger partial charge is 0.357 e. The molecule has 0 saturated carbocycles. The van der Waals surface area contributed by atoms with Gasteiger partial charge in [0.2, 0.25) is 11.6 Å². The molecule has 4 atom stereocenters. The second-order valence-corrected chi connectivity index (χ2v) is 9.81. The Hall–Kier alpha value is -2.59. The Morgan fingerprint density at radius 3 is 2.48 bits per heavy atom. The first-order valence-electron chi connectivity index (χ1n) is 9.89. The summed E-state index contributed by atoms with van der Waals surface area (Å²) in [5, 5.41) is 22.6. The van der Waals surface area contributed by atoms with Crippen molar-refractivity contribution in [3.8, 4) is 0 Å². The fraction of sp³-hybridized carbons (Fsp3) is 0.524. The van der Waals surface area contributed by atoms with Crippen LogP contribution in [0.5, 0.6) is 0 Å². The molecule has 0 aliphatic carbocycles. The molecule has 0 radical (unpaired) electrons. The van der Waals surface area contributed by atoms with Gasteiger partial charge in [0.1, 0.15) is 17.0 Å². The summed E-state index contributed by atoms with van der Waals surface area (Å²) >= 11 is 1.22. The van der Waals surface area contributed by atoms with E-state index < -0.39 is 46.5 Å². The highest BCUT2D eigenvalue weighted by atomic mass is 32.2. The number of nitrogens with one attached hydrogen (secondary N) is 1. The molecule has 2 heterocycles. The lowest BCUT2D eigenvalue weighted by Gasteiger charge is -2.57. The predicted molar refractivity (Wildman–Crippen MR) is 112 cm³/mol. The number of carbonyl (C=O) groups is 4. The van der Waals surface area contributed by atoms with Gasteiger partial charge in [-0.05, 0) is 26.3 Å². The summed E-state index contributed by atoms with van der Waals surface area (Å²) in [5.74, 6) is -4.28. The monoisotopic (exact) mass is 450 g/mol. The predicted octanol–water partition coefficient (Wildman–Crippen LogP) is 0.750. The van der Waals surface area contributed by atoms with Crippen molar-refractivity contribution in [2.24, 2.45) is 5.92 Å². The maximum Gasteiger partial charge on any atom is 0.357 e. The summed E-state index contributed by atoms with van der Waals surface area (Å²) < 4.78 is 5.24. The topological polar surface area (TPSA) is 133 Å². The van der Waals surface area contributed by atoms with Crippen molar-refractivity contribution < 1.29 is 34.1 Å². The lowest BCUT2D eigenvalue weighted by molar-refractivity contribution is -0.219. The van der Waals surface area contributed by atoms with Gasteiger partial charge in [0, 0.05) is 11.7 Å². The highest BCUT2D eigenvalue weighted by Gasteiger charge is 2.66. The van der Waals surface area contributed by atoms with Gasteiger partial charge in [0.15, 0.2) is 0 Å². The van der Waals surface area contributed by atoms with Crippen LogP contribution in [0.1, 0.15) is 32.8 Å². The number of carbonyl (C=O) groups excluding carboxylic acids is 3. The molecular weight excluding hydrogens is 424 g/mol. The molecule has 1 aromatic rings. The SMILES string of the molecule is CC(C)(C)OC(=O)CC1CS[C@@H]2[C@H](NC(=O)Cc3ccccc3)C(=O)N2C1(O)C(=O)O. The molecule has 2 aliphatic rings. The lowest BCUT2D eigenvalue weighted by atomic mass is 9.87. The van der Waals surface area contributed by atoms with Crippen LogP contribution in [0.4, 0.5) is 0 Å². The molecule has 0 bridgehead atoms. The second-order valence-electron chi connectivity index (χ2n) is 8.66. The number of hydrogen-bond acceptors (Lipinski definition) is 7. The van der Waals surface area contributed by atoms with E-state index in [1.165, 1.54) is 11.8 Å². The van der Waals surface area contributed by atoms with E-state index in [0.717, 1.165) is 10.5 Å². The molecule has 2 unspecified atom stereocenters. The summed E-state index contributed by atoms with van der Waals surface area (Å²) in [6, 6.07) is 8.06. The zero-order valence-electron chi connectivity index (χ0n) is 17.5. The van der Waals surface area contributed by atoms with Crippen LogP contribution in [0.2, 0.25) is 0 Å². The number of thioether (sulfide) groups is 1. The Bertz CT molecular complexity index is 885. The van der Waals surface area contributed by atoms with Crippen LogP contribution in [0.3, 0.4) is 0 Å². The van der Waals surface area contributed by atoms with Crippen LogP contribution in [0, 0.1) is 5.92 Å². The molecule has 0 spiro atoms. The third kappa shape index (κ3) is 4.69. The number of amides is 2.